The Kier molecular flexibility index (Phi) is 11.2. The average molecular weight is 579 g/mol. The third kappa shape index (κ3) is 9.43. The number of hydrogen-bond acceptors (Lipinski definition) is 6. The lowest BCUT2D eigenvalue weighted by Gasteiger charge is -2.40. The number of aromatic hydroxyl groups is 2. The Morgan fingerprint density at radius 3 is 2.29 bits per heavy atom. The molecular formula is C33H46N2O5Si. The van der Waals surface area contributed by atoms with E-state index in [2.05, 4.69) is 63.6 Å². The summed E-state index contributed by atoms with van der Waals surface area (Å²) in [6.45, 7) is 13.8. The van der Waals surface area contributed by atoms with Gasteiger partial charge < -0.3 is 30.4 Å². The summed E-state index contributed by atoms with van der Waals surface area (Å²) in [5.41, 5.74) is 4.16. The van der Waals surface area contributed by atoms with Gasteiger partial charge in [-0.15, -0.1) is 0 Å². The van der Waals surface area contributed by atoms with E-state index in [0.717, 1.165) is 23.1 Å². The van der Waals surface area contributed by atoms with Crippen LogP contribution in [0, 0.1) is 0 Å². The first-order valence-corrected chi connectivity index (χ1v) is 17.1. The fraction of sp³-hybridized carbons (Fsp3) is 0.424. The zero-order valence-electron chi connectivity index (χ0n) is 25.2. The molecule has 1 amide bonds. The lowest BCUT2D eigenvalue weighted by molar-refractivity contribution is -0.120. The van der Waals surface area contributed by atoms with Crippen LogP contribution in [-0.4, -0.2) is 42.1 Å². The quantitative estimate of drug-likeness (QED) is 0.166. The largest absolute Gasteiger partial charge is 0.508 e. The molecule has 7 nitrogen and oxygen atoms in total. The number of carbonyl (C=O) groups excluding carboxylic acids is 1. The van der Waals surface area contributed by atoms with Gasteiger partial charge >= 0.3 is 0 Å². The van der Waals surface area contributed by atoms with E-state index >= 15 is 0 Å². The first kappa shape index (κ1) is 32.3. The van der Waals surface area contributed by atoms with Crippen LogP contribution in [0.2, 0.25) is 18.1 Å². The van der Waals surface area contributed by atoms with Crippen LogP contribution in [0.5, 0.6) is 11.5 Å². The highest BCUT2D eigenvalue weighted by Crippen LogP contribution is 2.40. The zero-order valence-corrected chi connectivity index (χ0v) is 26.2. The fourth-order valence-corrected chi connectivity index (χ4v) is 5.68. The minimum atomic E-state index is -2.11. The minimum absolute atomic E-state index is 0.0296. The second-order valence-electron chi connectivity index (χ2n) is 12.3. The van der Waals surface area contributed by atoms with E-state index in [1.807, 2.05) is 30.3 Å². The predicted molar refractivity (Wildman–Crippen MR) is 166 cm³/mol. The van der Waals surface area contributed by atoms with Crippen molar-refractivity contribution in [1.29, 1.82) is 0 Å². The number of phenolic OH excluding ortho intramolecular Hbond substituents is 1. The summed E-state index contributed by atoms with van der Waals surface area (Å²) in [6, 6.07) is 20.5. The number of phenols is 2. The summed E-state index contributed by atoms with van der Waals surface area (Å²) in [6.07, 6.45) is 0.806. The van der Waals surface area contributed by atoms with Crippen molar-refractivity contribution >= 4 is 14.2 Å². The van der Waals surface area contributed by atoms with Gasteiger partial charge in [0, 0.05) is 30.3 Å². The van der Waals surface area contributed by atoms with Crippen molar-refractivity contribution < 1.29 is 24.5 Å². The second-order valence-corrected chi connectivity index (χ2v) is 17.1. The summed E-state index contributed by atoms with van der Waals surface area (Å²) < 4.78 is 6.81. The molecule has 0 aliphatic rings. The van der Waals surface area contributed by atoms with Crippen molar-refractivity contribution in [3.8, 4) is 11.5 Å². The first-order chi connectivity index (χ1) is 19.3. The van der Waals surface area contributed by atoms with Crippen LogP contribution in [0.25, 0.3) is 0 Å². The average Bonchev–Trinajstić information content (AvgIpc) is 2.90. The van der Waals surface area contributed by atoms with Crippen molar-refractivity contribution in [2.75, 3.05) is 6.54 Å². The van der Waals surface area contributed by atoms with E-state index in [4.69, 9.17) is 4.43 Å². The smallest absolute Gasteiger partial charge is 0.224 e. The summed E-state index contributed by atoms with van der Waals surface area (Å²) in [5, 5.41) is 36.2. The molecule has 5 N–H and O–H groups in total. The summed E-state index contributed by atoms with van der Waals surface area (Å²) in [4.78, 5) is 12.5. The highest BCUT2D eigenvalue weighted by molar-refractivity contribution is 6.74. The Morgan fingerprint density at radius 1 is 0.927 bits per heavy atom. The van der Waals surface area contributed by atoms with Crippen LogP contribution in [0.1, 0.15) is 61.6 Å². The molecule has 2 atom stereocenters. The van der Waals surface area contributed by atoms with E-state index in [-0.39, 0.29) is 54.2 Å². The van der Waals surface area contributed by atoms with Crippen LogP contribution in [0.15, 0.2) is 66.7 Å². The number of rotatable bonds is 13. The molecule has 0 saturated heterocycles. The molecule has 0 aliphatic heterocycles. The summed E-state index contributed by atoms with van der Waals surface area (Å²) in [7, 11) is -2.11. The first-order valence-electron chi connectivity index (χ1n) is 14.2. The van der Waals surface area contributed by atoms with Crippen molar-refractivity contribution in [3.63, 3.8) is 0 Å². The maximum absolute atomic E-state index is 12.5. The minimum Gasteiger partial charge on any atom is -0.508 e. The van der Waals surface area contributed by atoms with E-state index in [1.54, 1.807) is 24.3 Å². The highest BCUT2D eigenvalue weighted by atomic mass is 28.4. The van der Waals surface area contributed by atoms with Gasteiger partial charge in [-0.2, -0.15) is 0 Å². The van der Waals surface area contributed by atoms with Gasteiger partial charge in [-0.05, 0) is 66.4 Å². The number of benzene rings is 3. The number of para-hydroxylation sites is 1. The van der Waals surface area contributed by atoms with Crippen molar-refractivity contribution in [2.45, 2.75) is 84.0 Å². The monoisotopic (exact) mass is 578 g/mol. The molecule has 41 heavy (non-hydrogen) atoms. The molecule has 3 aromatic carbocycles. The highest BCUT2D eigenvalue weighted by Gasteiger charge is 2.39. The number of carbonyl (C=O) groups is 1. The Morgan fingerprint density at radius 2 is 1.61 bits per heavy atom. The maximum Gasteiger partial charge on any atom is 0.224 e. The third-order valence-electron chi connectivity index (χ3n) is 7.91. The van der Waals surface area contributed by atoms with Crippen molar-refractivity contribution in [2.24, 2.45) is 0 Å². The summed E-state index contributed by atoms with van der Waals surface area (Å²) >= 11 is 0. The number of nitrogens with one attached hydrogen (secondary N) is 2. The van der Waals surface area contributed by atoms with Gasteiger partial charge in [-0.25, -0.2) is 0 Å². The molecule has 0 spiro atoms. The third-order valence-corrected chi connectivity index (χ3v) is 12.4. The Hall–Kier alpha value is -3.17. The van der Waals surface area contributed by atoms with Crippen LogP contribution in [0.4, 0.5) is 0 Å². The number of aliphatic hydroxyl groups is 1. The molecule has 222 valence electrons. The Labute approximate surface area is 245 Å². The molecule has 8 heteroatoms. The van der Waals surface area contributed by atoms with Gasteiger partial charge in [0.1, 0.15) is 11.5 Å². The molecule has 0 aromatic heterocycles. The van der Waals surface area contributed by atoms with E-state index in [9.17, 15) is 20.1 Å². The fourth-order valence-electron chi connectivity index (χ4n) is 4.39. The number of hydrogen-bond donors (Lipinski definition) is 5. The molecule has 3 rings (SSSR count). The van der Waals surface area contributed by atoms with Gasteiger partial charge in [0.2, 0.25) is 5.91 Å². The molecular weight excluding hydrogens is 532 g/mol. The van der Waals surface area contributed by atoms with Gasteiger partial charge in [-0.3, -0.25) is 4.79 Å². The van der Waals surface area contributed by atoms with E-state index in [1.165, 1.54) is 0 Å². The van der Waals surface area contributed by atoms with Crippen LogP contribution < -0.4 is 10.6 Å². The van der Waals surface area contributed by atoms with E-state index in [0.29, 0.717) is 17.7 Å². The molecule has 0 radical (unpaired) electrons. The lowest BCUT2D eigenvalue weighted by Crippen LogP contribution is -2.44. The van der Waals surface area contributed by atoms with Crippen LogP contribution in [0.3, 0.4) is 0 Å². The van der Waals surface area contributed by atoms with Crippen molar-refractivity contribution in [3.05, 3.63) is 94.5 Å². The van der Waals surface area contributed by atoms with Gasteiger partial charge in [0.05, 0.1) is 19.1 Å². The molecule has 0 saturated carbocycles. The normalized spacial score (nSPS) is 13.5. The molecule has 0 bridgehead atoms. The second kappa shape index (κ2) is 14.1. The standard InChI is InChI=1S/C33H46N2O5Si/c1-23(16-24-10-9-11-25(17-24)18-32(39)35-20-27-12-7-8-13-29(27)37)34-21-31(40-41(5,6)33(2,3)4)26-14-15-30(38)28(19-26)22-36/h7-15,17,19,23,31,34,36-38H,16,18,20-22H2,1-6H3,(H,35,39)/t23-,31+/m1/s1. The van der Waals surface area contributed by atoms with E-state index < -0.39 is 8.32 Å². The Bertz CT molecular complexity index is 1300. The topological polar surface area (TPSA) is 111 Å². The lowest BCUT2D eigenvalue weighted by atomic mass is 10.0. The Balaban J connectivity index is 1.63. The molecule has 0 unspecified atom stereocenters. The maximum atomic E-state index is 12.5. The zero-order chi connectivity index (χ0) is 30.2. The summed E-state index contributed by atoms with van der Waals surface area (Å²) in [5.74, 6) is 0.154. The van der Waals surface area contributed by atoms with Gasteiger partial charge in [0.25, 0.3) is 0 Å². The van der Waals surface area contributed by atoms with Crippen LogP contribution in [-0.2, 0) is 35.2 Å². The predicted octanol–water partition coefficient (Wildman–Crippen LogP) is 5.73. The molecule has 0 aliphatic carbocycles. The van der Waals surface area contributed by atoms with Crippen molar-refractivity contribution in [1.82, 2.24) is 10.6 Å². The van der Waals surface area contributed by atoms with Gasteiger partial charge in [-0.1, -0.05) is 69.3 Å². The molecule has 0 fully saturated rings. The van der Waals surface area contributed by atoms with Gasteiger partial charge in [0.15, 0.2) is 8.32 Å². The SMILES string of the molecule is C[C@H](Cc1cccc(CC(=O)NCc2ccccc2O)c1)NC[C@H](O[Si](C)(C)C(C)(C)C)c1ccc(O)c(CO)c1. The number of aliphatic hydroxyl groups excluding tert-OH is 1. The molecule has 0 heterocycles. The molecule has 3 aromatic rings. The number of amides is 1. The van der Waals surface area contributed by atoms with Crippen LogP contribution >= 0.6 is 0 Å².